The lowest BCUT2D eigenvalue weighted by Crippen LogP contribution is -2.51. The highest BCUT2D eigenvalue weighted by molar-refractivity contribution is 5.86. The summed E-state index contributed by atoms with van der Waals surface area (Å²) >= 11 is 0. The van der Waals surface area contributed by atoms with Gasteiger partial charge in [-0.3, -0.25) is 4.79 Å². The molecule has 2 N–H and O–H groups in total. The highest BCUT2D eigenvalue weighted by Gasteiger charge is 2.24. The standard InChI is InChI=1S/C33H33N3O3/c1-36-22-12-11-19-30(36)21-20-29(23-26-13-5-2-6-14-26)34-32(37)31(24-27-15-7-3-8-16-27)35-33(38)39-25-28-17-9-4-10-18-28/h2-22,29,31H,23-25H2,1H3,(H-,34,35,37,38)/p+1/b21-20+/t29-,31+/m1/s1. The van der Waals surface area contributed by atoms with Crippen LogP contribution in [0, 0.1) is 0 Å². The Bertz CT molecular complexity index is 1360. The molecule has 0 saturated carbocycles. The fourth-order valence-corrected chi connectivity index (χ4v) is 4.21. The van der Waals surface area contributed by atoms with Gasteiger partial charge in [0.2, 0.25) is 11.6 Å². The molecule has 0 saturated heterocycles. The van der Waals surface area contributed by atoms with Gasteiger partial charge >= 0.3 is 6.09 Å². The van der Waals surface area contributed by atoms with E-state index in [4.69, 9.17) is 4.74 Å². The summed E-state index contributed by atoms with van der Waals surface area (Å²) in [6.07, 6.45) is 6.28. The van der Waals surface area contributed by atoms with E-state index in [-0.39, 0.29) is 18.6 Å². The number of aryl methyl sites for hydroxylation is 1. The Morgan fingerprint density at radius 3 is 1.92 bits per heavy atom. The average molecular weight is 521 g/mol. The smallest absolute Gasteiger partial charge is 0.408 e. The molecule has 198 valence electrons. The number of pyridine rings is 1. The largest absolute Gasteiger partial charge is 0.445 e. The summed E-state index contributed by atoms with van der Waals surface area (Å²) in [5.41, 5.74) is 3.92. The quantitative estimate of drug-likeness (QED) is 0.280. The van der Waals surface area contributed by atoms with Crippen molar-refractivity contribution < 1.29 is 18.9 Å². The number of hydrogen-bond donors (Lipinski definition) is 2. The lowest BCUT2D eigenvalue weighted by molar-refractivity contribution is -0.673. The molecule has 0 fully saturated rings. The Morgan fingerprint density at radius 1 is 0.744 bits per heavy atom. The average Bonchev–Trinajstić information content (AvgIpc) is 2.97. The molecule has 2 amide bonds. The number of carbonyl (C=O) groups excluding carboxylic acids is 2. The zero-order chi connectivity index (χ0) is 27.3. The topological polar surface area (TPSA) is 71.3 Å². The lowest BCUT2D eigenvalue weighted by atomic mass is 10.0. The van der Waals surface area contributed by atoms with Gasteiger partial charge in [0.1, 0.15) is 19.7 Å². The van der Waals surface area contributed by atoms with Crippen LogP contribution < -0.4 is 15.2 Å². The number of benzene rings is 3. The first kappa shape index (κ1) is 27.3. The van der Waals surface area contributed by atoms with Gasteiger partial charge in [-0.05, 0) is 29.2 Å². The molecule has 4 rings (SSSR count). The van der Waals surface area contributed by atoms with Crippen LogP contribution in [0.1, 0.15) is 22.4 Å². The Labute approximate surface area is 230 Å². The molecular formula is C33H34N3O3+. The predicted octanol–water partition coefficient (Wildman–Crippen LogP) is 4.79. The van der Waals surface area contributed by atoms with Crippen LogP contribution in [-0.4, -0.2) is 24.1 Å². The van der Waals surface area contributed by atoms with Crippen molar-refractivity contribution in [1.29, 1.82) is 0 Å². The van der Waals surface area contributed by atoms with Gasteiger partial charge in [0, 0.05) is 24.6 Å². The van der Waals surface area contributed by atoms with Crippen LogP contribution in [-0.2, 0) is 36.0 Å². The van der Waals surface area contributed by atoms with Crippen molar-refractivity contribution in [2.24, 2.45) is 7.05 Å². The molecule has 6 nitrogen and oxygen atoms in total. The predicted molar refractivity (Wildman–Crippen MR) is 152 cm³/mol. The summed E-state index contributed by atoms with van der Waals surface area (Å²) in [4.78, 5) is 26.3. The number of rotatable bonds is 11. The molecule has 4 aromatic rings. The molecule has 3 aromatic carbocycles. The lowest BCUT2D eigenvalue weighted by Gasteiger charge is -2.22. The zero-order valence-electron chi connectivity index (χ0n) is 22.1. The van der Waals surface area contributed by atoms with Crippen LogP contribution in [0.15, 0.2) is 121 Å². The number of carbonyl (C=O) groups is 2. The second kappa shape index (κ2) is 14.3. The minimum absolute atomic E-state index is 0.125. The van der Waals surface area contributed by atoms with E-state index in [1.165, 1.54) is 0 Å². The molecule has 0 aliphatic heterocycles. The summed E-state index contributed by atoms with van der Waals surface area (Å²) in [6, 6.07) is 33.9. The number of amides is 2. The van der Waals surface area contributed by atoms with Gasteiger partial charge in [0.05, 0.1) is 6.04 Å². The third kappa shape index (κ3) is 8.97. The van der Waals surface area contributed by atoms with Crippen LogP contribution in [0.25, 0.3) is 6.08 Å². The third-order valence-electron chi connectivity index (χ3n) is 6.32. The van der Waals surface area contributed by atoms with Crippen molar-refractivity contribution in [2.75, 3.05) is 0 Å². The van der Waals surface area contributed by atoms with Gasteiger partial charge in [-0.25, -0.2) is 9.36 Å². The van der Waals surface area contributed by atoms with E-state index >= 15 is 0 Å². The highest BCUT2D eigenvalue weighted by atomic mass is 16.5. The van der Waals surface area contributed by atoms with E-state index in [0.29, 0.717) is 12.8 Å². The molecule has 39 heavy (non-hydrogen) atoms. The van der Waals surface area contributed by atoms with E-state index in [9.17, 15) is 9.59 Å². The number of nitrogens with one attached hydrogen (secondary N) is 2. The molecule has 0 bridgehead atoms. The zero-order valence-corrected chi connectivity index (χ0v) is 22.1. The van der Waals surface area contributed by atoms with Gasteiger partial charge in [0.25, 0.3) is 0 Å². The van der Waals surface area contributed by atoms with Crippen molar-refractivity contribution in [1.82, 2.24) is 10.6 Å². The fourth-order valence-electron chi connectivity index (χ4n) is 4.21. The fraction of sp³-hybridized carbons (Fsp3) is 0.182. The number of nitrogens with zero attached hydrogens (tertiary/aromatic N) is 1. The number of alkyl carbamates (subject to hydrolysis) is 1. The molecule has 1 heterocycles. The molecule has 0 aliphatic rings. The second-order valence-electron chi connectivity index (χ2n) is 9.35. The van der Waals surface area contributed by atoms with Crippen molar-refractivity contribution in [3.05, 3.63) is 144 Å². The van der Waals surface area contributed by atoms with E-state index in [2.05, 4.69) is 10.6 Å². The van der Waals surface area contributed by atoms with Crippen LogP contribution in [0.4, 0.5) is 4.79 Å². The van der Waals surface area contributed by atoms with Crippen LogP contribution in [0.3, 0.4) is 0 Å². The first-order chi connectivity index (χ1) is 19.1. The Morgan fingerprint density at radius 2 is 1.31 bits per heavy atom. The number of aromatic nitrogens is 1. The highest BCUT2D eigenvalue weighted by Crippen LogP contribution is 2.09. The molecule has 0 aliphatic carbocycles. The SMILES string of the molecule is C[n+]1ccccc1/C=C/[C@H](Cc1ccccc1)NC(=O)[C@H](Cc1ccccc1)NC(=O)OCc1ccccc1. The summed E-state index contributed by atoms with van der Waals surface area (Å²) < 4.78 is 7.43. The summed E-state index contributed by atoms with van der Waals surface area (Å²) in [5, 5.41) is 5.94. The molecule has 0 spiro atoms. The van der Waals surface area contributed by atoms with Crippen LogP contribution in [0.2, 0.25) is 0 Å². The Hall–Kier alpha value is -4.71. The van der Waals surface area contributed by atoms with Crippen molar-refractivity contribution in [2.45, 2.75) is 31.5 Å². The minimum atomic E-state index is -0.810. The maximum absolute atomic E-state index is 13.6. The molecule has 0 radical (unpaired) electrons. The van der Waals surface area contributed by atoms with E-state index in [0.717, 1.165) is 22.4 Å². The number of hydrogen-bond acceptors (Lipinski definition) is 3. The van der Waals surface area contributed by atoms with Crippen molar-refractivity contribution in [3.8, 4) is 0 Å². The van der Waals surface area contributed by atoms with Gasteiger partial charge in [0.15, 0.2) is 6.20 Å². The molecule has 1 aromatic heterocycles. The number of ether oxygens (including phenoxy) is 1. The van der Waals surface area contributed by atoms with Crippen molar-refractivity contribution in [3.63, 3.8) is 0 Å². The van der Waals surface area contributed by atoms with Gasteiger partial charge in [-0.15, -0.1) is 0 Å². The summed E-state index contributed by atoms with van der Waals surface area (Å²) in [7, 11) is 1.98. The molecule has 6 heteroatoms. The molecule has 0 unspecified atom stereocenters. The maximum atomic E-state index is 13.6. The van der Waals surface area contributed by atoms with Gasteiger partial charge in [-0.2, -0.15) is 0 Å². The Balaban J connectivity index is 1.50. The van der Waals surface area contributed by atoms with Gasteiger partial charge < -0.3 is 15.4 Å². The third-order valence-corrected chi connectivity index (χ3v) is 6.32. The summed E-state index contributed by atoms with van der Waals surface area (Å²) in [6.45, 7) is 0.125. The minimum Gasteiger partial charge on any atom is -0.445 e. The Kier molecular flexibility index (Phi) is 10.0. The first-order valence-corrected chi connectivity index (χ1v) is 13.0. The van der Waals surface area contributed by atoms with E-state index < -0.39 is 12.1 Å². The second-order valence-corrected chi connectivity index (χ2v) is 9.35. The van der Waals surface area contributed by atoms with Crippen molar-refractivity contribution >= 4 is 18.1 Å². The van der Waals surface area contributed by atoms with Crippen LogP contribution in [0.5, 0.6) is 0 Å². The summed E-state index contributed by atoms with van der Waals surface area (Å²) in [5.74, 6) is -0.279. The van der Waals surface area contributed by atoms with Gasteiger partial charge in [-0.1, -0.05) is 97.1 Å². The van der Waals surface area contributed by atoms with E-state index in [1.807, 2.05) is 139 Å². The monoisotopic (exact) mass is 520 g/mol. The maximum Gasteiger partial charge on any atom is 0.408 e. The molecule has 2 atom stereocenters. The van der Waals surface area contributed by atoms with Crippen LogP contribution >= 0.6 is 0 Å². The normalized spacial score (nSPS) is 12.4. The molecular weight excluding hydrogens is 486 g/mol. The van der Waals surface area contributed by atoms with E-state index in [1.54, 1.807) is 0 Å². The first-order valence-electron chi connectivity index (χ1n) is 13.0.